The van der Waals surface area contributed by atoms with Crippen LogP contribution in [0.2, 0.25) is 0 Å². The van der Waals surface area contributed by atoms with E-state index in [4.69, 9.17) is 10.5 Å². The van der Waals surface area contributed by atoms with Crippen molar-refractivity contribution in [1.29, 1.82) is 0 Å². The quantitative estimate of drug-likeness (QED) is 0.857. The molecule has 1 rings (SSSR count). The number of rotatable bonds is 5. The number of benzene rings is 1. The van der Waals surface area contributed by atoms with Crippen LogP contribution in [0, 0.1) is 0 Å². The maximum absolute atomic E-state index is 12.2. The highest BCUT2D eigenvalue weighted by Gasteiger charge is 2.17. The van der Waals surface area contributed by atoms with Crippen LogP contribution in [-0.4, -0.2) is 22.6 Å². The van der Waals surface area contributed by atoms with Crippen molar-refractivity contribution < 1.29 is 8.95 Å². The molecule has 0 bridgehead atoms. The van der Waals surface area contributed by atoms with Gasteiger partial charge in [0.2, 0.25) is 0 Å². The van der Waals surface area contributed by atoms with E-state index in [1.165, 1.54) is 0 Å². The van der Waals surface area contributed by atoms with Crippen molar-refractivity contribution in [2.24, 2.45) is 5.73 Å². The van der Waals surface area contributed by atoms with Crippen LogP contribution in [0.1, 0.15) is 20.3 Å². The number of ether oxygens (including phenoxy) is 1. The zero-order valence-corrected chi connectivity index (χ0v) is 10.8. The summed E-state index contributed by atoms with van der Waals surface area (Å²) in [4.78, 5) is 0.748. The van der Waals surface area contributed by atoms with Gasteiger partial charge in [-0.05, 0) is 25.5 Å². The van der Waals surface area contributed by atoms with Crippen LogP contribution in [0.15, 0.2) is 29.2 Å². The van der Waals surface area contributed by atoms with Gasteiger partial charge in [0, 0.05) is 11.3 Å². The SMILES string of the molecule is COc1ccccc1S(=O)C(C)CC(C)N. The molecule has 0 aliphatic carbocycles. The normalized spacial score (nSPS) is 16.5. The molecular weight excluding hydrogens is 222 g/mol. The van der Waals surface area contributed by atoms with Crippen LogP contribution in [0.4, 0.5) is 0 Å². The minimum absolute atomic E-state index is 0.0382. The fraction of sp³-hybridized carbons (Fsp3) is 0.500. The first-order valence-corrected chi connectivity index (χ1v) is 6.56. The topological polar surface area (TPSA) is 52.3 Å². The molecule has 0 aliphatic rings. The van der Waals surface area contributed by atoms with E-state index in [2.05, 4.69) is 0 Å². The number of nitrogens with two attached hydrogens (primary N) is 1. The lowest BCUT2D eigenvalue weighted by Gasteiger charge is -2.15. The molecule has 2 N–H and O–H groups in total. The second kappa shape index (κ2) is 6.01. The van der Waals surface area contributed by atoms with Crippen molar-refractivity contribution in [3.8, 4) is 5.75 Å². The largest absolute Gasteiger partial charge is 0.495 e. The molecule has 0 saturated carbocycles. The molecule has 0 aromatic heterocycles. The van der Waals surface area contributed by atoms with Crippen molar-refractivity contribution >= 4 is 10.8 Å². The van der Waals surface area contributed by atoms with Crippen LogP contribution in [-0.2, 0) is 10.8 Å². The van der Waals surface area contributed by atoms with Crippen molar-refractivity contribution in [1.82, 2.24) is 0 Å². The fourth-order valence-corrected chi connectivity index (χ4v) is 3.09. The molecule has 3 atom stereocenters. The molecule has 0 saturated heterocycles. The Morgan fingerprint density at radius 3 is 2.56 bits per heavy atom. The first kappa shape index (κ1) is 13.2. The molecule has 3 nitrogen and oxygen atoms in total. The molecular formula is C12H19NO2S. The highest BCUT2D eigenvalue weighted by Crippen LogP contribution is 2.24. The van der Waals surface area contributed by atoms with E-state index >= 15 is 0 Å². The second-order valence-electron chi connectivity index (χ2n) is 3.97. The van der Waals surface area contributed by atoms with E-state index in [0.717, 1.165) is 11.3 Å². The zero-order valence-electron chi connectivity index (χ0n) is 9.97. The Morgan fingerprint density at radius 1 is 1.38 bits per heavy atom. The lowest BCUT2D eigenvalue weighted by atomic mass is 10.2. The fourth-order valence-electron chi connectivity index (χ4n) is 1.61. The third-order valence-corrected chi connectivity index (χ3v) is 4.05. The predicted molar refractivity (Wildman–Crippen MR) is 67.1 cm³/mol. The zero-order chi connectivity index (χ0) is 12.1. The molecule has 1 aromatic rings. The standard InChI is InChI=1S/C12H19NO2S/c1-9(13)8-10(2)16(14)12-7-5-4-6-11(12)15-3/h4-7,9-10H,8,13H2,1-3H3. The average molecular weight is 241 g/mol. The highest BCUT2D eigenvalue weighted by molar-refractivity contribution is 7.85. The van der Waals surface area contributed by atoms with Gasteiger partial charge in [0.05, 0.1) is 22.8 Å². The molecule has 4 heteroatoms. The molecule has 90 valence electrons. The van der Waals surface area contributed by atoms with Gasteiger partial charge in [0.15, 0.2) is 0 Å². The van der Waals surface area contributed by atoms with Gasteiger partial charge in [-0.25, -0.2) is 0 Å². The summed E-state index contributed by atoms with van der Waals surface area (Å²) in [5, 5.41) is 0.0382. The Labute approximate surface area is 99.4 Å². The number of hydrogen-bond acceptors (Lipinski definition) is 3. The Morgan fingerprint density at radius 2 is 2.00 bits per heavy atom. The van der Waals surface area contributed by atoms with E-state index in [-0.39, 0.29) is 11.3 Å². The molecule has 0 aliphatic heterocycles. The van der Waals surface area contributed by atoms with Crippen LogP contribution < -0.4 is 10.5 Å². The third-order valence-electron chi connectivity index (χ3n) is 2.35. The van der Waals surface area contributed by atoms with Gasteiger partial charge >= 0.3 is 0 Å². The molecule has 0 heterocycles. The Bertz CT molecular complexity index is 366. The summed E-state index contributed by atoms with van der Waals surface area (Å²) in [6, 6.07) is 7.47. The Kier molecular flexibility index (Phi) is 4.96. The summed E-state index contributed by atoms with van der Waals surface area (Å²) >= 11 is 0. The molecule has 3 unspecified atom stereocenters. The molecule has 16 heavy (non-hydrogen) atoms. The summed E-state index contributed by atoms with van der Waals surface area (Å²) < 4.78 is 17.4. The monoisotopic (exact) mass is 241 g/mol. The van der Waals surface area contributed by atoms with Crippen LogP contribution in [0.25, 0.3) is 0 Å². The molecule has 0 spiro atoms. The Balaban J connectivity index is 2.87. The van der Waals surface area contributed by atoms with Crippen molar-refractivity contribution in [3.63, 3.8) is 0 Å². The summed E-state index contributed by atoms with van der Waals surface area (Å²) in [7, 11) is 0.524. The van der Waals surface area contributed by atoms with Crippen LogP contribution >= 0.6 is 0 Å². The minimum atomic E-state index is -1.07. The summed E-state index contributed by atoms with van der Waals surface area (Å²) in [5.74, 6) is 0.678. The number of methoxy groups -OCH3 is 1. The van der Waals surface area contributed by atoms with E-state index in [1.54, 1.807) is 7.11 Å². The van der Waals surface area contributed by atoms with Crippen molar-refractivity contribution in [2.45, 2.75) is 36.5 Å². The van der Waals surface area contributed by atoms with E-state index in [0.29, 0.717) is 5.75 Å². The third kappa shape index (κ3) is 3.32. The lowest BCUT2D eigenvalue weighted by molar-refractivity contribution is 0.404. The van der Waals surface area contributed by atoms with Gasteiger partial charge in [-0.3, -0.25) is 4.21 Å². The average Bonchev–Trinajstić information content (AvgIpc) is 2.27. The maximum Gasteiger partial charge on any atom is 0.134 e. The van der Waals surface area contributed by atoms with Gasteiger partial charge in [-0.1, -0.05) is 19.1 Å². The maximum atomic E-state index is 12.2. The van der Waals surface area contributed by atoms with Crippen molar-refractivity contribution in [3.05, 3.63) is 24.3 Å². The van der Waals surface area contributed by atoms with Gasteiger partial charge < -0.3 is 10.5 Å². The van der Waals surface area contributed by atoms with Gasteiger partial charge in [0.1, 0.15) is 5.75 Å². The first-order chi connectivity index (χ1) is 7.56. The second-order valence-corrected chi connectivity index (χ2v) is 5.81. The van der Waals surface area contributed by atoms with Crippen LogP contribution in [0.3, 0.4) is 0 Å². The van der Waals surface area contributed by atoms with Gasteiger partial charge in [0.25, 0.3) is 0 Å². The van der Waals surface area contributed by atoms with E-state index < -0.39 is 10.8 Å². The molecule has 1 aromatic carbocycles. The molecule has 0 amide bonds. The van der Waals surface area contributed by atoms with Crippen LogP contribution in [0.5, 0.6) is 5.75 Å². The molecule has 0 fully saturated rings. The first-order valence-electron chi connectivity index (χ1n) is 5.35. The van der Waals surface area contributed by atoms with Crippen molar-refractivity contribution in [2.75, 3.05) is 7.11 Å². The highest BCUT2D eigenvalue weighted by atomic mass is 32.2. The number of hydrogen-bond donors (Lipinski definition) is 1. The molecule has 0 radical (unpaired) electrons. The smallest absolute Gasteiger partial charge is 0.134 e. The lowest BCUT2D eigenvalue weighted by Crippen LogP contribution is -2.24. The van der Waals surface area contributed by atoms with Gasteiger partial charge in [-0.15, -0.1) is 0 Å². The summed E-state index contributed by atoms with van der Waals surface area (Å²) in [5.41, 5.74) is 5.71. The van der Waals surface area contributed by atoms with E-state index in [1.807, 2.05) is 38.1 Å². The number of para-hydroxylation sites is 1. The predicted octanol–water partition coefficient (Wildman–Crippen LogP) is 1.93. The summed E-state index contributed by atoms with van der Waals surface area (Å²) in [6.07, 6.45) is 0.741. The minimum Gasteiger partial charge on any atom is -0.495 e. The Hall–Kier alpha value is -0.870. The summed E-state index contributed by atoms with van der Waals surface area (Å²) in [6.45, 7) is 3.88. The van der Waals surface area contributed by atoms with Gasteiger partial charge in [-0.2, -0.15) is 0 Å². The van der Waals surface area contributed by atoms with E-state index in [9.17, 15) is 4.21 Å².